The first-order valence-corrected chi connectivity index (χ1v) is 11.4. The molecular formula is C32H26. The van der Waals surface area contributed by atoms with E-state index in [0.717, 1.165) is 0 Å². The monoisotopic (exact) mass is 410 g/mol. The van der Waals surface area contributed by atoms with Crippen LogP contribution in [0.2, 0.25) is 0 Å². The molecule has 0 atom stereocenters. The topological polar surface area (TPSA) is 0 Å². The van der Waals surface area contributed by atoms with Crippen LogP contribution in [0.5, 0.6) is 0 Å². The number of aryl methyl sites for hydroxylation is 4. The molecule has 1 aliphatic rings. The van der Waals surface area contributed by atoms with Crippen molar-refractivity contribution < 1.29 is 0 Å². The highest BCUT2D eigenvalue weighted by atomic mass is 14.3. The molecule has 0 N–H and O–H groups in total. The molecule has 0 aliphatic heterocycles. The molecule has 6 rings (SSSR count). The van der Waals surface area contributed by atoms with E-state index in [2.05, 4.69) is 113 Å². The smallest absolute Gasteiger partial charge is 0.00201 e. The molecule has 0 unspecified atom stereocenters. The van der Waals surface area contributed by atoms with Gasteiger partial charge in [-0.25, -0.2) is 0 Å². The van der Waals surface area contributed by atoms with E-state index in [1.54, 1.807) is 0 Å². The highest BCUT2D eigenvalue weighted by Crippen LogP contribution is 2.50. The highest BCUT2D eigenvalue weighted by molar-refractivity contribution is 6.19. The number of hydrogen-bond donors (Lipinski definition) is 0. The van der Waals surface area contributed by atoms with E-state index in [1.807, 2.05) is 0 Å². The summed E-state index contributed by atoms with van der Waals surface area (Å²) in [5, 5.41) is 2.74. The van der Waals surface area contributed by atoms with E-state index < -0.39 is 0 Å². The highest BCUT2D eigenvalue weighted by Gasteiger charge is 2.24. The van der Waals surface area contributed by atoms with E-state index >= 15 is 0 Å². The summed E-state index contributed by atoms with van der Waals surface area (Å²) in [6, 6.07) is 31.6. The number of fused-ring (bicyclic) bond motifs is 3. The zero-order valence-electron chi connectivity index (χ0n) is 19.1. The van der Waals surface area contributed by atoms with Crippen LogP contribution in [0.4, 0.5) is 0 Å². The van der Waals surface area contributed by atoms with Gasteiger partial charge < -0.3 is 0 Å². The van der Waals surface area contributed by atoms with Gasteiger partial charge >= 0.3 is 0 Å². The van der Waals surface area contributed by atoms with Crippen molar-refractivity contribution in [3.63, 3.8) is 0 Å². The van der Waals surface area contributed by atoms with Crippen LogP contribution in [0, 0.1) is 27.7 Å². The molecule has 0 saturated heterocycles. The fraction of sp³-hybridized carbons (Fsp3) is 0.125. The van der Waals surface area contributed by atoms with Crippen LogP contribution in [-0.4, -0.2) is 0 Å². The third-order valence-corrected chi connectivity index (χ3v) is 7.16. The SMILES string of the molecule is Cc1cccc(C)c1-c1ccc2c(c1)-c1cccc3c(-c4c(C)cccc4C)ccc-2c13. The molecule has 0 saturated carbocycles. The minimum atomic E-state index is 1.30. The van der Waals surface area contributed by atoms with Crippen molar-refractivity contribution in [3.05, 3.63) is 107 Å². The molecule has 0 nitrogen and oxygen atoms in total. The number of benzene rings is 5. The summed E-state index contributed by atoms with van der Waals surface area (Å²) < 4.78 is 0. The molecule has 0 amide bonds. The Hall–Kier alpha value is -3.64. The first-order chi connectivity index (χ1) is 15.5. The maximum absolute atomic E-state index is 2.40. The lowest BCUT2D eigenvalue weighted by Gasteiger charge is -2.14. The molecule has 0 heterocycles. The second-order valence-corrected chi connectivity index (χ2v) is 9.18. The molecule has 5 aromatic carbocycles. The van der Waals surface area contributed by atoms with Crippen LogP contribution in [0.15, 0.2) is 84.9 Å². The van der Waals surface area contributed by atoms with Gasteiger partial charge in [-0.05, 0) is 111 Å². The van der Waals surface area contributed by atoms with Gasteiger partial charge in [0.15, 0.2) is 0 Å². The van der Waals surface area contributed by atoms with E-state index in [4.69, 9.17) is 0 Å². The summed E-state index contributed by atoms with van der Waals surface area (Å²) >= 11 is 0. The zero-order valence-corrected chi connectivity index (χ0v) is 19.1. The molecule has 0 radical (unpaired) electrons. The molecule has 0 heteroatoms. The Morgan fingerprint density at radius 2 is 0.938 bits per heavy atom. The molecular weight excluding hydrogens is 384 g/mol. The van der Waals surface area contributed by atoms with Gasteiger partial charge in [-0.2, -0.15) is 0 Å². The fourth-order valence-corrected chi connectivity index (χ4v) is 5.74. The molecule has 0 fully saturated rings. The van der Waals surface area contributed by atoms with Crippen molar-refractivity contribution in [2.24, 2.45) is 0 Å². The van der Waals surface area contributed by atoms with Gasteiger partial charge in [-0.15, -0.1) is 0 Å². The summed E-state index contributed by atoms with van der Waals surface area (Å²) in [4.78, 5) is 0. The van der Waals surface area contributed by atoms with Crippen molar-refractivity contribution in [3.8, 4) is 44.5 Å². The Morgan fingerprint density at radius 1 is 0.406 bits per heavy atom. The minimum Gasteiger partial charge on any atom is -0.0617 e. The Kier molecular flexibility index (Phi) is 4.13. The Labute approximate surface area is 190 Å². The van der Waals surface area contributed by atoms with Gasteiger partial charge in [-0.1, -0.05) is 78.9 Å². The maximum atomic E-state index is 2.40. The molecule has 5 aromatic rings. The molecule has 1 aliphatic carbocycles. The quantitative estimate of drug-likeness (QED) is 0.267. The van der Waals surface area contributed by atoms with Crippen LogP contribution in [-0.2, 0) is 0 Å². The molecule has 0 spiro atoms. The van der Waals surface area contributed by atoms with Crippen molar-refractivity contribution in [2.75, 3.05) is 0 Å². The average molecular weight is 411 g/mol. The van der Waals surface area contributed by atoms with Crippen molar-refractivity contribution in [1.82, 2.24) is 0 Å². The second kappa shape index (κ2) is 6.93. The first kappa shape index (κ1) is 19.1. The lowest BCUT2D eigenvalue weighted by Crippen LogP contribution is -1.90. The first-order valence-electron chi connectivity index (χ1n) is 11.4. The summed E-state index contributed by atoms with van der Waals surface area (Å²) in [7, 11) is 0. The van der Waals surface area contributed by atoms with Crippen LogP contribution in [0.3, 0.4) is 0 Å². The number of hydrogen-bond acceptors (Lipinski definition) is 0. The Bertz CT molecular complexity index is 1510. The standard InChI is InChI=1S/C32H26/c1-19-8-5-9-20(2)30(19)23-14-15-24-27-16-17-28(31-21(3)10-6-11-22(31)4)25-12-7-13-26(32(25)27)29(24)18-23/h5-18H,1-4H3. The summed E-state index contributed by atoms with van der Waals surface area (Å²) in [5.41, 5.74) is 16.1. The fourth-order valence-electron chi connectivity index (χ4n) is 5.74. The molecule has 0 bridgehead atoms. The maximum Gasteiger partial charge on any atom is -0.00201 e. The van der Waals surface area contributed by atoms with Gasteiger partial charge in [0, 0.05) is 0 Å². The zero-order chi connectivity index (χ0) is 22.0. The summed E-state index contributed by atoms with van der Waals surface area (Å²) in [6.07, 6.45) is 0. The third-order valence-electron chi connectivity index (χ3n) is 7.16. The molecule has 154 valence electrons. The summed E-state index contributed by atoms with van der Waals surface area (Å²) in [5.74, 6) is 0. The number of rotatable bonds is 2. The average Bonchev–Trinajstić information content (AvgIpc) is 3.10. The minimum absolute atomic E-state index is 1.30. The molecule has 32 heavy (non-hydrogen) atoms. The van der Waals surface area contributed by atoms with Crippen LogP contribution < -0.4 is 0 Å². The lowest BCUT2D eigenvalue weighted by atomic mass is 9.90. The van der Waals surface area contributed by atoms with Gasteiger partial charge in [0.05, 0.1) is 0 Å². The van der Waals surface area contributed by atoms with E-state index in [-0.39, 0.29) is 0 Å². The van der Waals surface area contributed by atoms with Crippen LogP contribution in [0.1, 0.15) is 22.3 Å². The largest absolute Gasteiger partial charge is 0.0617 e. The predicted octanol–water partition coefficient (Wildman–Crippen LogP) is 9.05. The lowest BCUT2D eigenvalue weighted by molar-refractivity contribution is 1.38. The third kappa shape index (κ3) is 2.63. The van der Waals surface area contributed by atoms with Gasteiger partial charge in [-0.3, -0.25) is 0 Å². The summed E-state index contributed by atoms with van der Waals surface area (Å²) in [6.45, 7) is 8.86. The van der Waals surface area contributed by atoms with Gasteiger partial charge in [0.1, 0.15) is 0 Å². The second-order valence-electron chi connectivity index (χ2n) is 9.18. The predicted molar refractivity (Wildman–Crippen MR) is 138 cm³/mol. The molecule has 0 aromatic heterocycles. The normalized spacial score (nSPS) is 11.8. The van der Waals surface area contributed by atoms with E-state index in [9.17, 15) is 0 Å². The van der Waals surface area contributed by atoms with Gasteiger partial charge in [0.25, 0.3) is 0 Å². The van der Waals surface area contributed by atoms with Crippen molar-refractivity contribution >= 4 is 10.8 Å². The van der Waals surface area contributed by atoms with Crippen molar-refractivity contribution in [1.29, 1.82) is 0 Å². The van der Waals surface area contributed by atoms with E-state index in [0.29, 0.717) is 0 Å². The Balaban J connectivity index is 1.62. The van der Waals surface area contributed by atoms with Crippen LogP contribution in [0.25, 0.3) is 55.3 Å². The van der Waals surface area contributed by atoms with Crippen LogP contribution >= 0.6 is 0 Å². The Morgan fingerprint density at radius 3 is 1.62 bits per heavy atom. The van der Waals surface area contributed by atoms with Crippen molar-refractivity contribution in [2.45, 2.75) is 27.7 Å². The van der Waals surface area contributed by atoms with E-state index in [1.165, 1.54) is 77.5 Å². The van der Waals surface area contributed by atoms with Gasteiger partial charge in [0.2, 0.25) is 0 Å².